The van der Waals surface area contributed by atoms with Gasteiger partial charge in [-0.15, -0.1) is 11.3 Å². The summed E-state index contributed by atoms with van der Waals surface area (Å²) >= 11 is 1.33. The SMILES string of the molecule is NC(=O)CN(CC(F)(F)F)C(=O)C=Cc1cccs1. The minimum atomic E-state index is -4.58. The average molecular weight is 292 g/mol. The molecule has 1 rings (SSSR count). The minimum absolute atomic E-state index is 0.354. The summed E-state index contributed by atoms with van der Waals surface area (Å²) in [5.74, 6) is -1.91. The van der Waals surface area contributed by atoms with Gasteiger partial charge in [-0.2, -0.15) is 13.2 Å². The number of carbonyl (C=O) groups excluding carboxylic acids is 2. The second-order valence-corrected chi connectivity index (χ2v) is 4.60. The third-order valence-electron chi connectivity index (χ3n) is 1.96. The molecule has 2 amide bonds. The number of halogens is 3. The lowest BCUT2D eigenvalue weighted by Gasteiger charge is -2.20. The standard InChI is InChI=1S/C11H11F3N2O2S/c12-11(13,14)7-16(6-9(15)17)10(18)4-3-8-2-1-5-19-8/h1-5H,6-7H2,(H2,15,17). The predicted octanol–water partition coefficient (Wildman–Crippen LogP) is 1.64. The van der Waals surface area contributed by atoms with Gasteiger partial charge in [-0.1, -0.05) is 6.07 Å². The van der Waals surface area contributed by atoms with E-state index in [0.717, 1.165) is 11.0 Å². The van der Waals surface area contributed by atoms with Gasteiger partial charge in [0.25, 0.3) is 0 Å². The third kappa shape index (κ3) is 6.05. The Morgan fingerprint density at radius 3 is 2.58 bits per heavy atom. The molecule has 0 aromatic carbocycles. The lowest BCUT2D eigenvalue weighted by atomic mass is 10.3. The van der Waals surface area contributed by atoms with Gasteiger partial charge in [0, 0.05) is 11.0 Å². The summed E-state index contributed by atoms with van der Waals surface area (Å²) in [5.41, 5.74) is 4.82. The van der Waals surface area contributed by atoms with Crippen molar-refractivity contribution in [3.63, 3.8) is 0 Å². The number of alkyl halides is 3. The quantitative estimate of drug-likeness (QED) is 0.839. The van der Waals surface area contributed by atoms with Gasteiger partial charge in [0.1, 0.15) is 6.54 Å². The van der Waals surface area contributed by atoms with E-state index in [1.807, 2.05) is 0 Å². The van der Waals surface area contributed by atoms with E-state index in [-0.39, 0.29) is 0 Å². The van der Waals surface area contributed by atoms with Crippen molar-refractivity contribution in [3.8, 4) is 0 Å². The number of rotatable bonds is 5. The highest BCUT2D eigenvalue weighted by atomic mass is 32.1. The second-order valence-electron chi connectivity index (χ2n) is 3.62. The first-order valence-electron chi connectivity index (χ1n) is 5.13. The molecule has 0 fully saturated rings. The molecule has 1 heterocycles. The normalized spacial score (nSPS) is 11.7. The Kier molecular flexibility index (Phi) is 5.11. The highest BCUT2D eigenvalue weighted by molar-refractivity contribution is 7.10. The summed E-state index contributed by atoms with van der Waals surface area (Å²) in [6.07, 6.45) is -2.21. The summed E-state index contributed by atoms with van der Waals surface area (Å²) in [7, 11) is 0. The van der Waals surface area contributed by atoms with Crippen molar-refractivity contribution in [1.29, 1.82) is 0 Å². The van der Waals surface area contributed by atoms with E-state index in [9.17, 15) is 22.8 Å². The molecule has 0 unspecified atom stereocenters. The Balaban J connectivity index is 2.73. The van der Waals surface area contributed by atoms with Crippen molar-refractivity contribution >= 4 is 29.2 Å². The Hall–Kier alpha value is -1.83. The van der Waals surface area contributed by atoms with Gasteiger partial charge in [0.05, 0.1) is 6.54 Å². The molecule has 0 saturated heterocycles. The van der Waals surface area contributed by atoms with Crippen molar-refractivity contribution in [2.24, 2.45) is 5.73 Å². The van der Waals surface area contributed by atoms with Gasteiger partial charge in [-0.05, 0) is 17.5 Å². The van der Waals surface area contributed by atoms with Crippen LogP contribution >= 0.6 is 11.3 Å². The van der Waals surface area contributed by atoms with Gasteiger partial charge in [0.15, 0.2) is 0 Å². The van der Waals surface area contributed by atoms with Crippen LogP contribution in [-0.4, -0.2) is 36.0 Å². The molecule has 8 heteroatoms. The zero-order valence-electron chi connectivity index (χ0n) is 9.68. The van der Waals surface area contributed by atoms with Gasteiger partial charge < -0.3 is 10.6 Å². The van der Waals surface area contributed by atoms with Crippen LogP contribution in [0.3, 0.4) is 0 Å². The van der Waals surface area contributed by atoms with Crippen LogP contribution < -0.4 is 5.73 Å². The van der Waals surface area contributed by atoms with Crippen molar-refractivity contribution in [3.05, 3.63) is 28.5 Å². The van der Waals surface area contributed by atoms with Crippen LogP contribution in [0.25, 0.3) is 6.08 Å². The fourth-order valence-electron chi connectivity index (χ4n) is 1.26. The van der Waals surface area contributed by atoms with E-state index < -0.39 is 31.1 Å². The number of carbonyl (C=O) groups is 2. The number of amides is 2. The fourth-order valence-corrected chi connectivity index (χ4v) is 1.88. The summed E-state index contributed by atoms with van der Waals surface area (Å²) in [4.78, 5) is 23.3. The molecule has 2 N–H and O–H groups in total. The first-order chi connectivity index (χ1) is 8.78. The molecule has 104 valence electrons. The van der Waals surface area contributed by atoms with Crippen LogP contribution in [0.1, 0.15) is 4.88 Å². The number of nitrogens with zero attached hydrogens (tertiary/aromatic N) is 1. The Morgan fingerprint density at radius 2 is 2.11 bits per heavy atom. The molecule has 0 aliphatic rings. The first kappa shape index (κ1) is 15.2. The lowest BCUT2D eigenvalue weighted by Crippen LogP contribution is -2.43. The molecular weight excluding hydrogens is 281 g/mol. The zero-order valence-corrected chi connectivity index (χ0v) is 10.5. The van der Waals surface area contributed by atoms with E-state index in [4.69, 9.17) is 5.73 Å². The Bertz CT molecular complexity index is 469. The summed E-state index contributed by atoms with van der Waals surface area (Å²) < 4.78 is 36.8. The molecule has 1 aromatic rings. The smallest absolute Gasteiger partial charge is 0.368 e. The molecule has 0 spiro atoms. The number of thiophene rings is 1. The van der Waals surface area contributed by atoms with Gasteiger partial charge in [0.2, 0.25) is 11.8 Å². The van der Waals surface area contributed by atoms with Crippen molar-refractivity contribution in [2.45, 2.75) is 6.18 Å². The third-order valence-corrected chi connectivity index (χ3v) is 2.80. The first-order valence-corrected chi connectivity index (χ1v) is 6.01. The van der Waals surface area contributed by atoms with Crippen LogP contribution in [0.2, 0.25) is 0 Å². The molecule has 0 bridgehead atoms. The van der Waals surface area contributed by atoms with Crippen LogP contribution in [0.4, 0.5) is 13.2 Å². The molecule has 0 radical (unpaired) electrons. The maximum atomic E-state index is 12.3. The van der Waals surface area contributed by atoms with Gasteiger partial charge >= 0.3 is 6.18 Å². The summed E-state index contributed by atoms with van der Waals surface area (Å²) in [6.45, 7) is -2.28. The van der Waals surface area contributed by atoms with Crippen LogP contribution in [-0.2, 0) is 9.59 Å². The molecule has 0 saturated carbocycles. The van der Waals surface area contributed by atoms with E-state index in [0.29, 0.717) is 4.90 Å². The van der Waals surface area contributed by atoms with E-state index in [1.54, 1.807) is 17.5 Å². The molecule has 4 nitrogen and oxygen atoms in total. The Morgan fingerprint density at radius 1 is 1.42 bits per heavy atom. The molecule has 0 atom stereocenters. The lowest BCUT2D eigenvalue weighted by molar-refractivity contribution is -0.159. The molecule has 19 heavy (non-hydrogen) atoms. The van der Waals surface area contributed by atoms with Crippen LogP contribution in [0.5, 0.6) is 0 Å². The topological polar surface area (TPSA) is 63.4 Å². The van der Waals surface area contributed by atoms with Gasteiger partial charge in [-0.25, -0.2) is 0 Å². The van der Waals surface area contributed by atoms with Crippen molar-refractivity contribution < 1.29 is 22.8 Å². The maximum Gasteiger partial charge on any atom is 0.406 e. The largest absolute Gasteiger partial charge is 0.406 e. The van der Waals surface area contributed by atoms with Gasteiger partial charge in [-0.3, -0.25) is 9.59 Å². The van der Waals surface area contributed by atoms with Crippen molar-refractivity contribution in [2.75, 3.05) is 13.1 Å². The van der Waals surface area contributed by atoms with E-state index >= 15 is 0 Å². The number of primary amides is 1. The fraction of sp³-hybridized carbons (Fsp3) is 0.273. The number of hydrogen-bond donors (Lipinski definition) is 1. The second kappa shape index (κ2) is 6.37. The average Bonchev–Trinajstić information content (AvgIpc) is 2.75. The van der Waals surface area contributed by atoms with Crippen LogP contribution in [0.15, 0.2) is 23.6 Å². The zero-order chi connectivity index (χ0) is 14.5. The molecule has 0 aliphatic heterocycles. The van der Waals surface area contributed by atoms with E-state index in [2.05, 4.69) is 0 Å². The maximum absolute atomic E-state index is 12.3. The number of nitrogens with two attached hydrogens (primary N) is 1. The molecule has 0 aliphatic carbocycles. The summed E-state index contributed by atoms with van der Waals surface area (Å²) in [6, 6.07) is 3.45. The molecule has 1 aromatic heterocycles. The highest BCUT2D eigenvalue weighted by Crippen LogP contribution is 2.17. The highest BCUT2D eigenvalue weighted by Gasteiger charge is 2.32. The van der Waals surface area contributed by atoms with Crippen molar-refractivity contribution in [1.82, 2.24) is 4.90 Å². The van der Waals surface area contributed by atoms with E-state index in [1.165, 1.54) is 17.4 Å². The predicted molar refractivity (Wildman–Crippen MR) is 65.2 cm³/mol. The monoisotopic (exact) mass is 292 g/mol. The Labute approximate surface area is 111 Å². The molecular formula is C11H11F3N2O2S. The minimum Gasteiger partial charge on any atom is -0.368 e. The van der Waals surface area contributed by atoms with Crippen LogP contribution in [0, 0.1) is 0 Å². The number of hydrogen-bond acceptors (Lipinski definition) is 3. The summed E-state index contributed by atoms with van der Waals surface area (Å²) in [5, 5.41) is 1.76.